The Morgan fingerprint density at radius 3 is 2.31 bits per heavy atom. The second kappa shape index (κ2) is 4.13. The Hall–Kier alpha value is -0.970. The molecule has 0 aliphatic rings. The predicted octanol–water partition coefficient (Wildman–Crippen LogP) is 0.623. The number of hydrogen-bond acceptors (Lipinski definition) is 5. The molecule has 0 radical (unpaired) electrons. The molecule has 1 rings (SSSR count). The maximum atomic E-state index is 12.1. The van der Waals surface area contributed by atoms with Gasteiger partial charge < -0.3 is 0 Å². The van der Waals surface area contributed by atoms with Crippen LogP contribution in [0.1, 0.15) is 5.01 Å². The van der Waals surface area contributed by atoms with Gasteiger partial charge in [-0.2, -0.15) is 26.7 Å². The molecule has 1 aromatic rings. The quantitative estimate of drug-likeness (QED) is 0.601. The molecule has 11 heteroatoms. The van der Waals surface area contributed by atoms with Crippen LogP contribution in [0.15, 0.2) is 4.79 Å². The zero-order valence-electron chi connectivity index (χ0n) is 7.36. The minimum absolute atomic E-state index is 0.174. The van der Waals surface area contributed by atoms with Crippen molar-refractivity contribution in [3.8, 4) is 0 Å². The lowest BCUT2D eigenvalue weighted by molar-refractivity contribution is -0.138. The van der Waals surface area contributed by atoms with E-state index in [-0.39, 0.29) is 16.0 Å². The first-order chi connectivity index (χ1) is 7.09. The third kappa shape index (κ3) is 3.56. The number of rotatable bonds is 3. The Kier molecular flexibility index (Phi) is 3.38. The summed E-state index contributed by atoms with van der Waals surface area (Å²) in [6.45, 7) is -0.746. The van der Waals surface area contributed by atoms with Crippen molar-refractivity contribution in [3.63, 3.8) is 0 Å². The van der Waals surface area contributed by atoms with E-state index in [4.69, 9.17) is 0 Å². The molecule has 0 N–H and O–H groups in total. The largest absolute Gasteiger partial charge is 0.445 e. The maximum absolute atomic E-state index is 12.1. The fourth-order valence-electron chi connectivity index (χ4n) is 0.758. The van der Waals surface area contributed by atoms with Crippen LogP contribution in [0.5, 0.6) is 0 Å². The average molecular weight is 280 g/mol. The van der Waals surface area contributed by atoms with Crippen LogP contribution in [0.2, 0.25) is 0 Å². The first kappa shape index (κ1) is 13.1. The summed E-state index contributed by atoms with van der Waals surface area (Å²) < 4.78 is 68.7. The second-order valence-electron chi connectivity index (χ2n) is 2.64. The molecular weight excluding hydrogens is 276 g/mol. The maximum Gasteiger partial charge on any atom is 0.445 e. The molecular formula is C5H4F4N2O3S2. The number of hydrogen-bond donors (Lipinski definition) is 0. The molecule has 0 saturated carbocycles. The number of halogens is 4. The van der Waals surface area contributed by atoms with Crippen LogP contribution in [-0.2, 0) is 22.9 Å². The van der Waals surface area contributed by atoms with E-state index in [2.05, 4.69) is 5.10 Å². The van der Waals surface area contributed by atoms with Gasteiger partial charge in [0.25, 0.3) is 0 Å². The Morgan fingerprint density at radius 1 is 1.38 bits per heavy atom. The molecule has 0 aliphatic carbocycles. The van der Waals surface area contributed by atoms with Gasteiger partial charge in [-0.15, -0.1) is 3.89 Å². The van der Waals surface area contributed by atoms with E-state index in [0.717, 1.165) is 0 Å². The molecule has 0 fully saturated rings. The van der Waals surface area contributed by atoms with Crippen molar-refractivity contribution in [1.82, 2.24) is 9.78 Å². The van der Waals surface area contributed by atoms with Crippen LogP contribution in [0, 0.1) is 0 Å². The summed E-state index contributed by atoms with van der Waals surface area (Å²) in [5.41, 5.74) is 0. The Balaban J connectivity index is 2.92. The topological polar surface area (TPSA) is 69.0 Å². The monoisotopic (exact) mass is 280 g/mol. The number of alkyl halides is 3. The summed E-state index contributed by atoms with van der Waals surface area (Å²) in [7, 11) is -4.84. The van der Waals surface area contributed by atoms with Crippen molar-refractivity contribution in [2.24, 2.45) is 0 Å². The van der Waals surface area contributed by atoms with E-state index in [9.17, 15) is 30.3 Å². The summed E-state index contributed by atoms with van der Waals surface area (Å²) in [6.07, 6.45) is -4.77. The van der Waals surface area contributed by atoms with Gasteiger partial charge in [0.05, 0.1) is 12.3 Å². The van der Waals surface area contributed by atoms with Gasteiger partial charge in [-0.25, -0.2) is 4.68 Å². The molecule has 0 unspecified atom stereocenters. The lowest BCUT2D eigenvalue weighted by Gasteiger charge is -1.99. The van der Waals surface area contributed by atoms with Gasteiger partial charge in [-0.05, 0) is 11.3 Å². The van der Waals surface area contributed by atoms with E-state index in [0.29, 0.717) is 0 Å². The van der Waals surface area contributed by atoms with Gasteiger partial charge in [-0.1, -0.05) is 0 Å². The van der Waals surface area contributed by atoms with Crippen molar-refractivity contribution in [2.45, 2.75) is 12.7 Å². The van der Waals surface area contributed by atoms with Crippen molar-refractivity contribution >= 4 is 21.6 Å². The van der Waals surface area contributed by atoms with Gasteiger partial charge in [0.1, 0.15) is 0 Å². The summed E-state index contributed by atoms with van der Waals surface area (Å²) in [5.74, 6) is -1.09. The molecule has 0 bridgehead atoms. The summed E-state index contributed by atoms with van der Waals surface area (Å²) in [4.78, 5) is 9.82. The van der Waals surface area contributed by atoms with Crippen molar-refractivity contribution in [3.05, 3.63) is 14.7 Å². The number of nitrogens with zero attached hydrogens (tertiary/aromatic N) is 2. The number of aryl methyl sites for hydroxylation is 1. The van der Waals surface area contributed by atoms with Crippen LogP contribution in [0.25, 0.3) is 0 Å². The Labute approximate surface area is 90.5 Å². The third-order valence-corrected chi connectivity index (χ3v) is 2.96. The van der Waals surface area contributed by atoms with E-state index < -0.39 is 38.6 Å². The van der Waals surface area contributed by atoms with Gasteiger partial charge in [0.15, 0.2) is 0 Å². The molecule has 1 heterocycles. The SMILES string of the molecule is O=c1sc(C(F)(F)F)nn1CCS(=O)(=O)F. The minimum atomic E-state index is -4.84. The number of aromatic nitrogens is 2. The average Bonchev–Trinajstić information content (AvgIpc) is 2.41. The van der Waals surface area contributed by atoms with Crippen LogP contribution < -0.4 is 4.87 Å². The third-order valence-electron chi connectivity index (χ3n) is 1.40. The predicted molar refractivity (Wildman–Crippen MR) is 46.3 cm³/mol. The second-order valence-corrected chi connectivity index (χ2v) is 5.06. The fourth-order valence-corrected chi connectivity index (χ4v) is 1.81. The molecule has 5 nitrogen and oxygen atoms in total. The van der Waals surface area contributed by atoms with Gasteiger partial charge in [0.2, 0.25) is 5.01 Å². The normalized spacial score (nSPS) is 13.0. The van der Waals surface area contributed by atoms with E-state index in [1.54, 1.807) is 0 Å². The Morgan fingerprint density at radius 2 is 1.94 bits per heavy atom. The standard InChI is InChI=1S/C5H4F4N2O3S2/c6-5(7,8)3-10-11(4(12)15-3)1-2-16(9,13)14/h1-2H2. The molecule has 0 amide bonds. The summed E-state index contributed by atoms with van der Waals surface area (Å²) in [6, 6.07) is 0. The van der Waals surface area contributed by atoms with Crippen molar-refractivity contribution in [1.29, 1.82) is 0 Å². The van der Waals surface area contributed by atoms with Crippen molar-refractivity contribution in [2.75, 3.05) is 5.75 Å². The first-order valence-electron chi connectivity index (χ1n) is 3.67. The molecule has 0 aliphatic heterocycles. The zero-order chi connectivity index (χ0) is 12.6. The molecule has 92 valence electrons. The van der Waals surface area contributed by atoms with Crippen molar-refractivity contribution < 1.29 is 25.5 Å². The zero-order valence-corrected chi connectivity index (χ0v) is 8.99. The summed E-state index contributed by atoms with van der Waals surface area (Å²) >= 11 is -0.174. The molecule has 0 spiro atoms. The molecule has 0 atom stereocenters. The van der Waals surface area contributed by atoms with Gasteiger partial charge in [0, 0.05) is 0 Å². The molecule has 0 saturated heterocycles. The highest BCUT2D eigenvalue weighted by molar-refractivity contribution is 7.86. The minimum Gasteiger partial charge on any atom is -0.255 e. The highest BCUT2D eigenvalue weighted by Crippen LogP contribution is 2.28. The fraction of sp³-hybridized carbons (Fsp3) is 0.600. The van der Waals surface area contributed by atoms with Gasteiger partial charge in [-0.3, -0.25) is 4.79 Å². The highest BCUT2D eigenvalue weighted by Gasteiger charge is 2.36. The molecule has 16 heavy (non-hydrogen) atoms. The lowest BCUT2D eigenvalue weighted by Crippen LogP contribution is -2.19. The smallest absolute Gasteiger partial charge is 0.255 e. The van der Waals surface area contributed by atoms with Crippen LogP contribution in [0.4, 0.5) is 17.1 Å². The van der Waals surface area contributed by atoms with Crippen LogP contribution in [0.3, 0.4) is 0 Å². The van der Waals surface area contributed by atoms with Crippen LogP contribution in [-0.4, -0.2) is 24.0 Å². The molecule has 1 aromatic heterocycles. The van der Waals surface area contributed by atoms with E-state index >= 15 is 0 Å². The highest BCUT2D eigenvalue weighted by atomic mass is 32.3. The molecule has 0 aromatic carbocycles. The summed E-state index contributed by atoms with van der Waals surface area (Å²) in [5, 5.41) is 1.46. The van der Waals surface area contributed by atoms with Crippen LogP contribution >= 0.6 is 11.3 Å². The van der Waals surface area contributed by atoms with Gasteiger partial charge >= 0.3 is 21.3 Å². The Bertz CT molecular complexity index is 529. The van der Waals surface area contributed by atoms with E-state index in [1.807, 2.05) is 0 Å². The first-order valence-corrected chi connectivity index (χ1v) is 6.04. The lowest BCUT2D eigenvalue weighted by atomic mass is 10.7. The van der Waals surface area contributed by atoms with E-state index in [1.165, 1.54) is 0 Å².